The summed E-state index contributed by atoms with van der Waals surface area (Å²) in [5.74, 6) is -1.25. The van der Waals surface area contributed by atoms with Crippen LogP contribution in [-0.2, 0) is 17.9 Å². The number of piperazine rings is 1. The Morgan fingerprint density at radius 1 is 1.23 bits per heavy atom. The second-order valence-corrected chi connectivity index (χ2v) is 10.2. The van der Waals surface area contributed by atoms with E-state index in [4.69, 9.17) is 21.3 Å². The summed E-state index contributed by atoms with van der Waals surface area (Å²) in [7, 11) is 0. The first-order valence-electron chi connectivity index (χ1n) is 12.6. The number of carbonyl (C=O) groups is 2. The topological polar surface area (TPSA) is 104 Å². The molecule has 39 heavy (non-hydrogen) atoms. The van der Waals surface area contributed by atoms with Gasteiger partial charge in [-0.05, 0) is 31.2 Å². The zero-order chi connectivity index (χ0) is 27.4. The Labute approximate surface area is 228 Å². The number of phenols is 1. The number of amides is 2. The Hall–Kier alpha value is -4.12. The van der Waals surface area contributed by atoms with E-state index in [0.717, 1.165) is 5.69 Å². The number of hydrogen-bond donors (Lipinski definition) is 1. The molecule has 0 radical (unpaired) electrons. The van der Waals surface area contributed by atoms with Crippen LogP contribution in [0.5, 0.6) is 11.5 Å². The third-order valence-electron chi connectivity index (χ3n) is 7.55. The van der Waals surface area contributed by atoms with Crippen LogP contribution in [0.25, 0.3) is 11.3 Å². The molecule has 1 N–H and O–H groups in total. The Kier molecular flexibility index (Phi) is 6.17. The largest absolute Gasteiger partial charge is 0.507 e. The van der Waals surface area contributed by atoms with Crippen molar-refractivity contribution in [3.05, 3.63) is 65.2 Å². The monoisotopic (exact) mass is 552 g/mol. The highest BCUT2D eigenvalue weighted by atomic mass is 35.5. The Balaban J connectivity index is 1.52. The molecule has 0 unspecified atom stereocenters. The molecule has 1 aromatic carbocycles. The van der Waals surface area contributed by atoms with E-state index >= 15 is 4.39 Å². The summed E-state index contributed by atoms with van der Waals surface area (Å²) >= 11 is 6.81. The minimum absolute atomic E-state index is 0.0246. The lowest BCUT2D eigenvalue weighted by molar-refractivity contribution is -0.128. The lowest BCUT2D eigenvalue weighted by Crippen LogP contribution is -2.57. The number of nitrogens with zero attached hydrogens (tertiary/aromatic N) is 6. The van der Waals surface area contributed by atoms with E-state index in [1.54, 1.807) is 16.0 Å². The number of anilines is 1. The van der Waals surface area contributed by atoms with Crippen LogP contribution < -0.4 is 9.64 Å². The predicted molar refractivity (Wildman–Crippen MR) is 141 cm³/mol. The van der Waals surface area contributed by atoms with Crippen molar-refractivity contribution in [1.29, 1.82) is 0 Å². The van der Waals surface area contributed by atoms with Crippen molar-refractivity contribution in [1.82, 2.24) is 24.6 Å². The van der Waals surface area contributed by atoms with Gasteiger partial charge in [0.2, 0.25) is 5.91 Å². The van der Waals surface area contributed by atoms with Crippen molar-refractivity contribution in [3.63, 3.8) is 0 Å². The maximum atomic E-state index is 15.1. The van der Waals surface area contributed by atoms with Gasteiger partial charge in [-0.1, -0.05) is 24.2 Å². The Morgan fingerprint density at radius 2 is 2.05 bits per heavy atom. The molecular weight excluding hydrogens is 527 g/mol. The highest BCUT2D eigenvalue weighted by Gasteiger charge is 2.42. The molecule has 0 bridgehead atoms. The van der Waals surface area contributed by atoms with Crippen molar-refractivity contribution in [2.75, 3.05) is 31.1 Å². The molecule has 2 amide bonds. The van der Waals surface area contributed by atoms with E-state index in [-0.39, 0.29) is 70.2 Å². The number of benzene rings is 1. The number of pyridine rings is 1. The van der Waals surface area contributed by atoms with E-state index in [1.807, 2.05) is 22.6 Å². The van der Waals surface area contributed by atoms with Crippen molar-refractivity contribution >= 4 is 29.2 Å². The standard InChI is InChI=1S/C27H26ClFN6O4/c1-3-20(37)32-9-10-33-17(12-32)14-39-25-22(27(33)38)26(34-13-16-7-8-30-35(16)11-15(34)2)31-24(23(25)28)21-18(29)5-4-6-19(21)36/h3-8,15,17,36H,1,9-14H2,2H3/t15-,17+/m0/s1. The van der Waals surface area contributed by atoms with Crippen LogP contribution in [0.15, 0.2) is 43.1 Å². The average Bonchev–Trinajstić information content (AvgIpc) is 3.32. The van der Waals surface area contributed by atoms with Crippen LogP contribution in [0, 0.1) is 5.82 Å². The van der Waals surface area contributed by atoms with Gasteiger partial charge in [0.25, 0.3) is 5.91 Å². The summed E-state index contributed by atoms with van der Waals surface area (Å²) in [6.45, 7) is 7.45. The highest BCUT2D eigenvalue weighted by Crippen LogP contribution is 2.46. The smallest absolute Gasteiger partial charge is 0.261 e. The molecule has 10 nitrogen and oxygen atoms in total. The second kappa shape index (κ2) is 9.57. The SMILES string of the molecule is C=CC(=O)N1CCN2C(=O)c3c(N4Cc5ccnn5C[C@@H]4C)nc(-c4c(O)cccc4F)c(Cl)c3OC[C@H]2C1. The summed E-state index contributed by atoms with van der Waals surface area (Å²) in [5.41, 5.74) is 0.890. The quantitative estimate of drug-likeness (QED) is 0.498. The molecule has 1 saturated heterocycles. The molecule has 3 aliphatic rings. The summed E-state index contributed by atoms with van der Waals surface area (Å²) in [5, 5.41) is 14.9. The third kappa shape index (κ3) is 4.08. The van der Waals surface area contributed by atoms with E-state index in [9.17, 15) is 14.7 Å². The molecule has 0 aliphatic carbocycles. The molecule has 12 heteroatoms. The maximum Gasteiger partial charge on any atom is 0.261 e. The van der Waals surface area contributed by atoms with Crippen molar-refractivity contribution < 1.29 is 23.8 Å². The van der Waals surface area contributed by atoms with Crippen molar-refractivity contribution in [3.8, 4) is 22.8 Å². The number of carbonyl (C=O) groups excluding carboxylic acids is 2. The molecule has 3 aliphatic heterocycles. The number of aromatic nitrogens is 3. The predicted octanol–water partition coefficient (Wildman–Crippen LogP) is 3.08. The first-order chi connectivity index (χ1) is 18.8. The lowest BCUT2D eigenvalue weighted by atomic mass is 10.0. The van der Waals surface area contributed by atoms with Crippen LogP contribution in [0.2, 0.25) is 5.02 Å². The molecule has 0 spiro atoms. The van der Waals surface area contributed by atoms with Gasteiger partial charge in [-0.15, -0.1) is 0 Å². The van der Waals surface area contributed by atoms with E-state index in [2.05, 4.69) is 11.7 Å². The number of fused-ring (bicyclic) bond motifs is 3. The van der Waals surface area contributed by atoms with E-state index in [0.29, 0.717) is 26.2 Å². The van der Waals surface area contributed by atoms with Gasteiger partial charge in [0.05, 0.1) is 30.4 Å². The first-order valence-corrected chi connectivity index (χ1v) is 13.0. The summed E-state index contributed by atoms with van der Waals surface area (Å²) in [6.07, 6.45) is 2.96. The van der Waals surface area contributed by atoms with Gasteiger partial charge in [-0.25, -0.2) is 9.37 Å². The van der Waals surface area contributed by atoms with Crippen LogP contribution in [0.3, 0.4) is 0 Å². The molecule has 1 fully saturated rings. The van der Waals surface area contributed by atoms with Gasteiger partial charge >= 0.3 is 0 Å². The lowest BCUT2D eigenvalue weighted by Gasteiger charge is -2.40. The van der Waals surface area contributed by atoms with Gasteiger partial charge in [-0.2, -0.15) is 5.10 Å². The van der Waals surface area contributed by atoms with Crippen LogP contribution in [0.4, 0.5) is 10.2 Å². The molecule has 202 valence electrons. The maximum absolute atomic E-state index is 15.1. The fraction of sp³-hybridized carbons (Fsp3) is 0.333. The van der Waals surface area contributed by atoms with Crippen molar-refractivity contribution in [2.45, 2.75) is 32.1 Å². The minimum Gasteiger partial charge on any atom is -0.507 e. The number of hydrogen-bond acceptors (Lipinski definition) is 7. The van der Waals surface area contributed by atoms with Crippen LogP contribution in [0.1, 0.15) is 23.0 Å². The number of halogens is 2. The molecule has 2 atom stereocenters. The summed E-state index contributed by atoms with van der Waals surface area (Å²) in [6, 6.07) is 5.26. The van der Waals surface area contributed by atoms with Crippen molar-refractivity contribution in [2.24, 2.45) is 0 Å². The highest BCUT2D eigenvalue weighted by molar-refractivity contribution is 6.35. The second-order valence-electron chi connectivity index (χ2n) is 9.87. The van der Waals surface area contributed by atoms with E-state index in [1.165, 1.54) is 24.3 Å². The number of phenolic OH excluding ortho intramolecular Hbond substituents is 1. The minimum atomic E-state index is -0.712. The summed E-state index contributed by atoms with van der Waals surface area (Å²) < 4.78 is 23.1. The van der Waals surface area contributed by atoms with Gasteiger partial charge in [0.15, 0.2) is 5.75 Å². The fourth-order valence-electron chi connectivity index (χ4n) is 5.52. The number of ether oxygens (including phenoxy) is 1. The Bertz CT molecular complexity index is 1490. The molecule has 5 heterocycles. The first kappa shape index (κ1) is 25.2. The zero-order valence-corrected chi connectivity index (χ0v) is 21.9. The zero-order valence-electron chi connectivity index (χ0n) is 21.2. The summed E-state index contributed by atoms with van der Waals surface area (Å²) in [4.78, 5) is 36.5. The van der Waals surface area contributed by atoms with E-state index < -0.39 is 11.9 Å². The molecule has 0 saturated carbocycles. The number of rotatable bonds is 3. The fourth-order valence-corrected chi connectivity index (χ4v) is 5.80. The van der Waals surface area contributed by atoms with Gasteiger partial charge in [0, 0.05) is 31.9 Å². The molecule has 3 aromatic rings. The number of aromatic hydroxyl groups is 1. The third-order valence-corrected chi connectivity index (χ3v) is 7.90. The molecular formula is C27H26ClFN6O4. The normalized spacial score (nSPS) is 20.5. The molecule has 6 rings (SSSR count). The Morgan fingerprint density at radius 3 is 2.82 bits per heavy atom. The van der Waals surface area contributed by atoms with Gasteiger partial charge in [-0.3, -0.25) is 14.3 Å². The molecule has 2 aromatic heterocycles. The van der Waals surface area contributed by atoms with Crippen LogP contribution >= 0.6 is 11.6 Å². The van der Waals surface area contributed by atoms with Crippen LogP contribution in [-0.4, -0.2) is 79.8 Å². The average molecular weight is 553 g/mol. The van der Waals surface area contributed by atoms with Gasteiger partial charge < -0.3 is 24.5 Å². The van der Waals surface area contributed by atoms with Gasteiger partial charge in [0.1, 0.15) is 40.3 Å².